The molecule has 0 aliphatic rings. The maximum absolute atomic E-state index is 11.4. The van der Waals surface area contributed by atoms with Gasteiger partial charge in [-0.15, -0.1) is 0 Å². The number of para-hydroxylation sites is 2. The number of hydrogen-bond acceptors (Lipinski definition) is 5. The van der Waals surface area contributed by atoms with Crippen LogP contribution in [0.3, 0.4) is 0 Å². The van der Waals surface area contributed by atoms with Gasteiger partial charge in [0.1, 0.15) is 5.75 Å². The van der Waals surface area contributed by atoms with Gasteiger partial charge in [-0.2, -0.15) is 0 Å². The van der Waals surface area contributed by atoms with E-state index in [1.165, 1.54) is 0 Å². The normalized spacial score (nSPS) is 10.2. The first-order valence-electron chi connectivity index (χ1n) is 6.98. The van der Waals surface area contributed by atoms with Crippen molar-refractivity contribution in [2.75, 3.05) is 25.6 Å². The lowest BCUT2D eigenvalue weighted by Crippen LogP contribution is -2.11. The number of nitrogen functional groups attached to an aromatic ring is 1. The lowest BCUT2D eigenvalue weighted by molar-refractivity contribution is -0.144. The zero-order valence-corrected chi connectivity index (χ0v) is 11.7. The zero-order chi connectivity index (χ0) is 14.6. The number of nitrogens with two attached hydrogens (primary N) is 1. The van der Waals surface area contributed by atoms with E-state index in [2.05, 4.69) is 0 Å². The highest BCUT2D eigenvalue weighted by molar-refractivity contribution is 5.69. The van der Waals surface area contributed by atoms with Crippen molar-refractivity contribution < 1.29 is 19.4 Å². The molecule has 0 aliphatic carbocycles. The van der Waals surface area contributed by atoms with Gasteiger partial charge in [0, 0.05) is 6.61 Å². The predicted molar refractivity (Wildman–Crippen MR) is 77.5 cm³/mol. The fraction of sp³-hybridized carbons (Fsp3) is 0.533. The van der Waals surface area contributed by atoms with Crippen molar-refractivity contribution in [2.45, 2.75) is 32.1 Å². The van der Waals surface area contributed by atoms with Crippen molar-refractivity contribution in [3.63, 3.8) is 0 Å². The molecule has 0 bridgehead atoms. The van der Waals surface area contributed by atoms with Gasteiger partial charge >= 0.3 is 5.97 Å². The molecule has 0 saturated carbocycles. The van der Waals surface area contributed by atoms with E-state index in [0.29, 0.717) is 18.0 Å². The van der Waals surface area contributed by atoms with Crippen LogP contribution >= 0.6 is 0 Å². The summed E-state index contributed by atoms with van der Waals surface area (Å²) in [4.78, 5) is 11.4. The second-order valence-electron chi connectivity index (χ2n) is 4.49. The molecule has 20 heavy (non-hydrogen) atoms. The molecule has 0 aliphatic heterocycles. The van der Waals surface area contributed by atoms with E-state index in [0.717, 1.165) is 25.7 Å². The highest BCUT2D eigenvalue weighted by Crippen LogP contribution is 2.19. The van der Waals surface area contributed by atoms with Crippen molar-refractivity contribution in [3.05, 3.63) is 24.3 Å². The highest BCUT2D eigenvalue weighted by Gasteiger charge is 2.04. The molecule has 1 aromatic rings. The summed E-state index contributed by atoms with van der Waals surface area (Å²) < 4.78 is 10.5. The van der Waals surface area contributed by atoms with Gasteiger partial charge in [0.2, 0.25) is 0 Å². The van der Waals surface area contributed by atoms with Crippen molar-refractivity contribution in [3.8, 4) is 5.75 Å². The van der Waals surface area contributed by atoms with Crippen LogP contribution in [-0.2, 0) is 9.53 Å². The third kappa shape index (κ3) is 6.99. The van der Waals surface area contributed by atoms with Crippen molar-refractivity contribution in [1.82, 2.24) is 0 Å². The van der Waals surface area contributed by atoms with Gasteiger partial charge < -0.3 is 20.3 Å². The zero-order valence-electron chi connectivity index (χ0n) is 11.7. The van der Waals surface area contributed by atoms with E-state index in [1.807, 2.05) is 12.1 Å². The quantitative estimate of drug-likeness (QED) is 0.390. The maximum atomic E-state index is 11.4. The number of carbonyl (C=O) groups is 1. The minimum absolute atomic E-state index is 0.213. The highest BCUT2D eigenvalue weighted by atomic mass is 16.5. The van der Waals surface area contributed by atoms with E-state index in [9.17, 15) is 4.79 Å². The largest absolute Gasteiger partial charge is 0.491 e. The molecule has 0 atom stereocenters. The number of anilines is 1. The number of ether oxygens (including phenoxy) is 2. The topological polar surface area (TPSA) is 81.8 Å². The van der Waals surface area contributed by atoms with E-state index in [4.69, 9.17) is 20.3 Å². The number of carbonyl (C=O) groups excluding carboxylic acids is 1. The Labute approximate surface area is 119 Å². The van der Waals surface area contributed by atoms with Gasteiger partial charge in [-0.3, -0.25) is 4.79 Å². The summed E-state index contributed by atoms with van der Waals surface area (Å²) in [5.41, 5.74) is 6.28. The number of unbranched alkanes of at least 4 members (excludes halogenated alkanes) is 3. The molecule has 5 nitrogen and oxygen atoms in total. The SMILES string of the molecule is Nc1ccccc1OCCC(=O)OCCCCCCO. The van der Waals surface area contributed by atoms with E-state index >= 15 is 0 Å². The Morgan fingerprint density at radius 2 is 1.85 bits per heavy atom. The third-order valence-electron chi connectivity index (χ3n) is 2.80. The van der Waals surface area contributed by atoms with Crippen LogP contribution in [0, 0.1) is 0 Å². The summed E-state index contributed by atoms with van der Waals surface area (Å²) >= 11 is 0. The fourth-order valence-corrected chi connectivity index (χ4v) is 1.68. The molecule has 0 fully saturated rings. The first kappa shape index (κ1) is 16.3. The molecule has 0 heterocycles. The Kier molecular flexibility index (Phi) is 8.22. The average Bonchev–Trinajstić information content (AvgIpc) is 2.45. The summed E-state index contributed by atoms with van der Waals surface area (Å²) in [6.45, 7) is 0.912. The number of aliphatic hydroxyl groups is 1. The summed E-state index contributed by atoms with van der Waals surface area (Å²) in [5.74, 6) is 0.325. The number of benzene rings is 1. The van der Waals surface area contributed by atoms with Crippen LogP contribution in [0.1, 0.15) is 32.1 Å². The molecule has 0 spiro atoms. The minimum Gasteiger partial charge on any atom is -0.491 e. The minimum atomic E-state index is -0.262. The number of hydrogen-bond donors (Lipinski definition) is 2. The van der Waals surface area contributed by atoms with Crippen LogP contribution in [0.5, 0.6) is 5.75 Å². The second-order valence-corrected chi connectivity index (χ2v) is 4.49. The fourth-order valence-electron chi connectivity index (χ4n) is 1.68. The molecule has 5 heteroatoms. The number of aliphatic hydroxyl groups excluding tert-OH is 1. The third-order valence-corrected chi connectivity index (χ3v) is 2.80. The molecular formula is C15H23NO4. The van der Waals surface area contributed by atoms with Crippen LogP contribution < -0.4 is 10.5 Å². The van der Waals surface area contributed by atoms with Crippen LogP contribution in [0.25, 0.3) is 0 Å². The maximum Gasteiger partial charge on any atom is 0.309 e. The summed E-state index contributed by atoms with van der Waals surface area (Å²) in [6.07, 6.45) is 3.78. The van der Waals surface area contributed by atoms with Gasteiger partial charge in [-0.25, -0.2) is 0 Å². The first-order chi connectivity index (χ1) is 9.74. The predicted octanol–water partition coefficient (Wildman–Crippen LogP) is 2.13. The van der Waals surface area contributed by atoms with E-state index in [-0.39, 0.29) is 25.6 Å². The van der Waals surface area contributed by atoms with Gasteiger partial charge in [0.05, 0.1) is 25.3 Å². The molecule has 112 valence electrons. The average molecular weight is 281 g/mol. The van der Waals surface area contributed by atoms with Gasteiger partial charge in [-0.05, 0) is 31.4 Å². The van der Waals surface area contributed by atoms with E-state index < -0.39 is 0 Å². The molecule has 0 aromatic heterocycles. The molecule has 0 saturated heterocycles. The van der Waals surface area contributed by atoms with Gasteiger partial charge in [0.25, 0.3) is 0 Å². The van der Waals surface area contributed by atoms with E-state index in [1.54, 1.807) is 12.1 Å². The van der Waals surface area contributed by atoms with Gasteiger partial charge in [0.15, 0.2) is 0 Å². The summed E-state index contributed by atoms with van der Waals surface area (Å²) in [6, 6.07) is 7.17. The monoisotopic (exact) mass is 281 g/mol. The molecular weight excluding hydrogens is 258 g/mol. The lowest BCUT2D eigenvalue weighted by Gasteiger charge is -2.08. The molecule has 3 N–H and O–H groups in total. The standard InChI is InChI=1S/C15H23NO4/c16-13-7-3-4-8-14(13)19-12-9-15(18)20-11-6-2-1-5-10-17/h3-4,7-8,17H,1-2,5-6,9-12,16H2. The molecule has 0 radical (unpaired) electrons. The van der Waals surface area contributed by atoms with Crippen LogP contribution in [0.4, 0.5) is 5.69 Å². The number of rotatable bonds is 10. The summed E-state index contributed by atoms with van der Waals surface area (Å²) in [7, 11) is 0. The second kappa shape index (κ2) is 10.1. The van der Waals surface area contributed by atoms with Crippen molar-refractivity contribution in [1.29, 1.82) is 0 Å². The molecule has 1 rings (SSSR count). The lowest BCUT2D eigenvalue weighted by atomic mass is 10.2. The van der Waals surface area contributed by atoms with Crippen LogP contribution in [0.15, 0.2) is 24.3 Å². The van der Waals surface area contributed by atoms with Crippen LogP contribution in [0.2, 0.25) is 0 Å². The molecule has 1 aromatic carbocycles. The summed E-state index contributed by atoms with van der Waals surface area (Å²) in [5, 5.41) is 8.61. The Bertz CT molecular complexity index is 395. The molecule has 0 amide bonds. The Hall–Kier alpha value is -1.75. The Balaban J connectivity index is 2.04. The first-order valence-corrected chi connectivity index (χ1v) is 6.98. The Morgan fingerprint density at radius 1 is 1.10 bits per heavy atom. The smallest absolute Gasteiger partial charge is 0.309 e. The van der Waals surface area contributed by atoms with Crippen LogP contribution in [-0.4, -0.2) is 30.9 Å². The molecule has 0 unspecified atom stereocenters. The van der Waals surface area contributed by atoms with Gasteiger partial charge in [-0.1, -0.05) is 18.6 Å². The Morgan fingerprint density at radius 3 is 2.60 bits per heavy atom. The van der Waals surface area contributed by atoms with Crippen molar-refractivity contribution in [2.24, 2.45) is 0 Å². The van der Waals surface area contributed by atoms with Crippen molar-refractivity contribution >= 4 is 11.7 Å². The number of esters is 1.